The maximum absolute atomic E-state index is 12.7. The number of rotatable bonds is 6. The Bertz CT molecular complexity index is 559. The van der Waals surface area contributed by atoms with E-state index in [9.17, 15) is 9.59 Å². The molecule has 0 N–H and O–H groups in total. The van der Waals surface area contributed by atoms with Crippen LogP contribution < -0.4 is 0 Å². The first kappa shape index (κ1) is 18.4. The Morgan fingerprint density at radius 1 is 1.21 bits per heavy atom. The van der Waals surface area contributed by atoms with Gasteiger partial charge in [-0.15, -0.1) is 0 Å². The second-order valence-electron chi connectivity index (χ2n) is 6.70. The molecule has 2 rings (SSSR count). The largest absolute Gasteiger partial charge is 0.339 e. The highest BCUT2D eigenvalue weighted by Gasteiger charge is 2.23. The lowest BCUT2D eigenvalue weighted by Crippen LogP contribution is -2.38. The van der Waals surface area contributed by atoms with Crippen LogP contribution in [0.5, 0.6) is 0 Å². The number of aromatic nitrogens is 1. The highest BCUT2D eigenvalue weighted by Crippen LogP contribution is 2.18. The number of hydrogen-bond acceptors (Lipinski definition) is 3. The molecule has 2 heterocycles. The number of carbonyl (C=O) groups is 2. The predicted molar refractivity (Wildman–Crippen MR) is 95.0 cm³/mol. The van der Waals surface area contributed by atoms with Gasteiger partial charge in [0.25, 0.3) is 11.8 Å². The van der Waals surface area contributed by atoms with Gasteiger partial charge in [-0.25, -0.2) is 0 Å². The van der Waals surface area contributed by atoms with Crippen LogP contribution in [0, 0.1) is 5.92 Å². The van der Waals surface area contributed by atoms with Crippen LogP contribution in [0.1, 0.15) is 67.3 Å². The molecule has 5 heteroatoms. The van der Waals surface area contributed by atoms with E-state index in [0.29, 0.717) is 17.2 Å². The molecule has 0 unspecified atom stereocenters. The van der Waals surface area contributed by atoms with Gasteiger partial charge in [0.1, 0.15) is 5.69 Å². The molecule has 0 saturated carbocycles. The maximum atomic E-state index is 12.7. The van der Waals surface area contributed by atoms with E-state index in [2.05, 4.69) is 25.8 Å². The Morgan fingerprint density at radius 3 is 2.42 bits per heavy atom. The molecule has 0 atom stereocenters. The highest BCUT2D eigenvalue weighted by atomic mass is 16.2. The highest BCUT2D eigenvalue weighted by molar-refractivity contribution is 5.98. The summed E-state index contributed by atoms with van der Waals surface area (Å²) >= 11 is 0. The molecule has 132 valence electrons. The van der Waals surface area contributed by atoms with Gasteiger partial charge in [0, 0.05) is 37.9 Å². The van der Waals surface area contributed by atoms with Gasteiger partial charge in [0.15, 0.2) is 0 Å². The Hall–Kier alpha value is -1.91. The van der Waals surface area contributed by atoms with Crippen molar-refractivity contribution in [2.45, 2.75) is 46.5 Å². The molecule has 2 amide bonds. The van der Waals surface area contributed by atoms with Crippen molar-refractivity contribution in [3.05, 3.63) is 29.6 Å². The van der Waals surface area contributed by atoms with Crippen LogP contribution in [0.15, 0.2) is 18.3 Å². The van der Waals surface area contributed by atoms with Crippen LogP contribution in [0.2, 0.25) is 0 Å². The van der Waals surface area contributed by atoms with Crippen molar-refractivity contribution in [1.29, 1.82) is 0 Å². The van der Waals surface area contributed by atoms with Crippen molar-refractivity contribution in [2.24, 2.45) is 5.92 Å². The number of piperidine rings is 1. The lowest BCUT2D eigenvalue weighted by Gasteiger charge is -2.30. The number of nitrogens with zero attached hydrogens (tertiary/aromatic N) is 3. The molecule has 1 fully saturated rings. The van der Waals surface area contributed by atoms with E-state index in [4.69, 9.17) is 0 Å². The van der Waals surface area contributed by atoms with Crippen molar-refractivity contribution in [1.82, 2.24) is 14.8 Å². The van der Waals surface area contributed by atoms with E-state index in [-0.39, 0.29) is 11.8 Å². The smallest absolute Gasteiger partial charge is 0.272 e. The van der Waals surface area contributed by atoms with E-state index >= 15 is 0 Å². The fourth-order valence-electron chi connectivity index (χ4n) is 3.09. The number of amides is 2. The normalized spacial score (nSPS) is 15.4. The fraction of sp³-hybridized carbons (Fsp3) is 0.632. The average Bonchev–Trinajstić information content (AvgIpc) is 2.61. The zero-order valence-electron chi connectivity index (χ0n) is 15.1. The van der Waals surface area contributed by atoms with E-state index in [0.717, 1.165) is 51.9 Å². The molecule has 1 aliphatic heterocycles. The third-order valence-electron chi connectivity index (χ3n) is 4.57. The van der Waals surface area contributed by atoms with Gasteiger partial charge >= 0.3 is 0 Å². The predicted octanol–water partition coefficient (Wildman–Crippen LogP) is 3.22. The molecule has 1 aromatic rings. The minimum atomic E-state index is -0.0610. The summed E-state index contributed by atoms with van der Waals surface area (Å²) < 4.78 is 0. The summed E-state index contributed by atoms with van der Waals surface area (Å²) in [5, 5.41) is 0. The molecule has 1 aliphatic rings. The van der Waals surface area contributed by atoms with Crippen LogP contribution in [-0.2, 0) is 0 Å². The van der Waals surface area contributed by atoms with Crippen LogP contribution >= 0.6 is 0 Å². The fourth-order valence-corrected chi connectivity index (χ4v) is 3.09. The van der Waals surface area contributed by atoms with Gasteiger partial charge in [-0.05, 0) is 43.7 Å². The standard InChI is InChI=1S/C19H29N3O2/c1-4-10-21(11-5-2)18(23)16-6-9-20-17(14-16)19(24)22-12-7-15(3)8-13-22/h6,9,14-15H,4-5,7-8,10-13H2,1-3H3. The second-order valence-corrected chi connectivity index (χ2v) is 6.70. The van der Waals surface area contributed by atoms with Gasteiger partial charge in [-0.1, -0.05) is 20.8 Å². The number of likely N-dealkylation sites (tertiary alicyclic amines) is 1. The zero-order valence-corrected chi connectivity index (χ0v) is 15.1. The van der Waals surface area contributed by atoms with Crippen molar-refractivity contribution in [2.75, 3.05) is 26.2 Å². The molecule has 1 aromatic heterocycles. The van der Waals surface area contributed by atoms with Gasteiger partial charge < -0.3 is 9.80 Å². The van der Waals surface area contributed by atoms with Crippen molar-refractivity contribution >= 4 is 11.8 Å². The van der Waals surface area contributed by atoms with E-state index in [1.54, 1.807) is 18.3 Å². The van der Waals surface area contributed by atoms with Crippen molar-refractivity contribution in [3.63, 3.8) is 0 Å². The topological polar surface area (TPSA) is 53.5 Å². The Balaban J connectivity index is 2.12. The third kappa shape index (κ3) is 4.56. The zero-order chi connectivity index (χ0) is 17.5. The molecular weight excluding hydrogens is 302 g/mol. The van der Waals surface area contributed by atoms with Crippen LogP contribution in [-0.4, -0.2) is 52.8 Å². The van der Waals surface area contributed by atoms with Crippen molar-refractivity contribution < 1.29 is 9.59 Å². The molecule has 5 nitrogen and oxygen atoms in total. The van der Waals surface area contributed by atoms with E-state index in [1.165, 1.54) is 0 Å². The lowest BCUT2D eigenvalue weighted by molar-refractivity contribution is 0.0691. The Kier molecular flexibility index (Phi) is 6.76. The van der Waals surface area contributed by atoms with Gasteiger partial charge in [-0.2, -0.15) is 0 Å². The molecular formula is C19H29N3O2. The second kappa shape index (κ2) is 8.81. The van der Waals surface area contributed by atoms with E-state index in [1.807, 2.05) is 9.80 Å². The quantitative estimate of drug-likeness (QED) is 0.804. The number of pyridine rings is 1. The molecule has 0 aromatic carbocycles. The molecule has 1 saturated heterocycles. The summed E-state index contributed by atoms with van der Waals surface area (Å²) in [6.07, 6.45) is 5.49. The number of carbonyl (C=O) groups excluding carboxylic acids is 2. The molecule has 24 heavy (non-hydrogen) atoms. The summed E-state index contributed by atoms with van der Waals surface area (Å²) in [5.41, 5.74) is 0.934. The summed E-state index contributed by atoms with van der Waals surface area (Å²) in [4.78, 5) is 33.2. The van der Waals surface area contributed by atoms with Crippen LogP contribution in [0.4, 0.5) is 0 Å². The van der Waals surface area contributed by atoms with Crippen molar-refractivity contribution in [3.8, 4) is 0 Å². The average molecular weight is 331 g/mol. The van der Waals surface area contributed by atoms with Crippen LogP contribution in [0.25, 0.3) is 0 Å². The third-order valence-corrected chi connectivity index (χ3v) is 4.57. The lowest BCUT2D eigenvalue weighted by atomic mass is 9.99. The first-order valence-electron chi connectivity index (χ1n) is 9.11. The summed E-state index contributed by atoms with van der Waals surface area (Å²) in [7, 11) is 0. The monoisotopic (exact) mass is 331 g/mol. The summed E-state index contributed by atoms with van der Waals surface area (Å²) in [5.74, 6) is 0.600. The van der Waals surface area contributed by atoms with E-state index < -0.39 is 0 Å². The molecule has 0 aliphatic carbocycles. The first-order valence-corrected chi connectivity index (χ1v) is 9.11. The Labute approximate surface area is 145 Å². The molecule has 0 radical (unpaired) electrons. The van der Waals surface area contributed by atoms with Crippen LogP contribution in [0.3, 0.4) is 0 Å². The summed E-state index contributed by atoms with van der Waals surface area (Å²) in [6.45, 7) is 9.37. The molecule has 0 spiro atoms. The minimum Gasteiger partial charge on any atom is -0.339 e. The van der Waals surface area contributed by atoms with Gasteiger partial charge in [-0.3, -0.25) is 14.6 Å². The minimum absolute atomic E-state index is 0.0117. The SMILES string of the molecule is CCCN(CCC)C(=O)c1ccnc(C(=O)N2CCC(C)CC2)c1. The first-order chi connectivity index (χ1) is 11.6. The number of hydrogen-bond donors (Lipinski definition) is 0. The molecule has 0 bridgehead atoms. The Morgan fingerprint density at radius 2 is 1.83 bits per heavy atom. The summed E-state index contributed by atoms with van der Waals surface area (Å²) in [6, 6.07) is 3.36. The maximum Gasteiger partial charge on any atom is 0.272 e. The van der Waals surface area contributed by atoms with Gasteiger partial charge in [0.05, 0.1) is 0 Å². The van der Waals surface area contributed by atoms with Gasteiger partial charge in [0.2, 0.25) is 0 Å².